The van der Waals surface area contributed by atoms with Crippen LogP contribution in [0.3, 0.4) is 0 Å². The molecular weight excluding hydrogens is 326 g/mol. The van der Waals surface area contributed by atoms with E-state index < -0.39 is 10.0 Å². The number of nitrogen functional groups attached to an aromatic ring is 1. The maximum Gasteiger partial charge on any atom is 0.242 e. The molecule has 10 heteroatoms. The number of thioether (sulfide) groups is 1. The molecule has 0 fully saturated rings. The fourth-order valence-corrected chi connectivity index (χ4v) is 3.16. The maximum atomic E-state index is 12.0. The first kappa shape index (κ1) is 16.5. The molecule has 0 bridgehead atoms. The fourth-order valence-electron chi connectivity index (χ4n) is 1.56. The van der Waals surface area contributed by atoms with Crippen molar-refractivity contribution < 1.29 is 13.2 Å². The summed E-state index contributed by atoms with van der Waals surface area (Å²) in [6, 6.07) is 5.81. The molecule has 1 aromatic carbocycles. The second-order valence-corrected chi connectivity index (χ2v) is 7.62. The fraction of sp³-hybridized carbons (Fsp3) is 0.250. The van der Waals surface area contributed by atoms with E-state index in [2.05, 4.69) is 15.2 Å². The second kappa shape index (κ2) is 6.46. The first-order valence-electron chi connectivity index (χ1n) is 6.17. The number of Topliss-reactive ketones (excluding diaryl/α,β-unsaturated/α-hetero) is 1. The number of nitrogens with two attached hydrogens (primary N) is 1. The van der Waals surface area contributed by atoms with Gasteiger partial charge in [0, 0.05) is 19.7 Å². The molecule has 0 aliphatic rings. The number of anilines is 1. The molecule has 3 N–H and O–H groups in total. The SMILES string of the molecule is CN(C)S(=O)(=O)c1ccc(C(=O)CSc2n[nH]c(N)n2)cc1. The first-order chi connectivity index (χ1) is 10.3. The van der Waals surface area contributed by atoms with E-state index in [1.165, 1.54) is 38.4 Å². The minimum atomic E-state index is -3.49. The van der Waals surface area contributed by atoms with Gasteiger partial charge in [0.1, 0.15) is 0 Å². The van der Waals surface area contributed by atoms with Gasteiger partial charge in [0.05, 0.1) is 10.6 Å². The van der Waals surface area contributed by atoms with Gasteiger partial charge in [-0.05, 0) is 12.1 Å². The topological polar surface area (TPSA) is 122 Å². The average Bonchev–Trinajstić information content (AvgIpc) is 2.90. The quantitative estimate of drug-likeness (QED) is 0.583. The molecule has 22 heavy (non-hydrogen) atoms. The van der Waals surface area contributed by atoms with Crippen LogP contribution >= 0.6 is 11.8 Å². The van der Waals surface area contributed by atoms with E-state index >= 15 is 0 Å². The van der Waals surface area contributed by atoms with E-state index in [0.717, 1.165) is 16.1 Å². The minimum Gasteiger partial charge on any atom is -0.368 e. The summed E-state index contributed by atoms with van der Waals surface area (Å²) in [6.07, 6.45) is 0. The number of carbonyl (C=O) groups is 1. The number of aromatic nitrogens is 3. The van der Waals surface area contributed by atoms with Crippen LogP contribution in [0.1, 0.15) is 10.4 Å². The monoisotopic (exact) mass is 341 g/mol. The highest BCUT2D eigenvalue weighted by atomic mass is 32.2. The Kier molecular flexibility index (Phi) is 4.84. The van der Waals surface area contributed by atoms with Gasteiger partial charge in [0.2, 0.25) is 21.1 Å². The Morgan fingerprint density at radius 2 is 1.95 bits per heavy atom. The van der Waals surface area contributed by atoms with Gasteiger partial charge in [0.25, 0.3) is 0 Å². The molecule has 1 heterocycles. The van der Waals surface area contributed by atoms with Crippen molar-refractivity contribution in [3.8, 4) is 0 Å². The van der Waals surface area contributed by atoms with Crippen LogP contribution < -0.4 is 5.73 Å². The van der Waals surface area contributed by atoms with Crippen molar-refractivity contribution in [3.63, 3.8) is 0 Å². The van der Waals surface area contributed by atoms with Crippen LogP contribution in [-0.4, -0.2) is 53.5 Å². The highest BCUT2D eigenvalue weighted by Gasteiger charge is 2.17. The zero-order chi connectivity index (χ0) is 16.3. The van der Waals surface area contributed by atoms with Crippen molar-refractivity contribution >= 4 is 33.5 Å². The van der Waals surface area contributed by atoms with Crippen molar-refractivity contribution in [2.75, 3.05) is 25.6 Å². The van der Waals surface area contributed by atoms with Gasteiger partial charge < -0.3 is 5.73 Å². The van der Waals surface area contributed by atoms with Gasteiger partial charge in [-0.25, -0.2) is 17.8 Å². The molecule has 0 aliphatic heterocycles. The highest BCUT2D eigenvalue weighted by Crippen LogP contribution is 2.18. The molecule has 0 saturated heterocycles. The lowest BCUT2D eigenvalue weighted by atomic mass is 10.1. The number of carbonyl (C=O) groups excluding carboxylic acids is 1. The third-order valence-corrected chi connectivity index (χ3v) is 5.45. The van der Waals surface area contributed by atoms with Crippen LogP contribution in [-0.2, 0) is 10.0 Å². The molecule has 1 aromatic heterocycles. The van der Waals surface area contributed by atoms with Gasteiger partial charge in [0.15, 0.2) is 5.78 Å². The standard InChI is InChI=1S/C12H15N5O3S2/c1-17(2)22(19,20)9-5-3-8(4-6-9)10(18)7-21-12-14-11(13)15-16-12/h3-6H,7H2,1-2H3,(H3,13,14,15,16). The number of hydrogen-bond donors (Lipinski definition) is 2. The Bertz CT molecular complexity index is 768. The molecule has 0 radical (unpaired) electrons. The van der Waals surface area contributed by atoms with Gasteiger partial charge in [-0.1, -0.05) is 23.9 Å². The summed E-state index contributed by atoms with van der Waals surface area (Å²) in [5.41, 5.74) is 5.81. The summed E-state index contributed by atoms with van der Waals surface area (Å²) < 4.78 is 25.0. The molecule has 0 unspecified atom stereocenters. The van der Waals surface area contributed by atoms with Crippen LogP contribution in [0.15, 0.2) is 34.3 Å². The van der Waals surface area contributed by atoms with Crippen molar-refractivity contribution in [1.82, 2.24) is 19.5 Å². The molecule has 8 nitrogen and oxygen atoms in total. The van der Waals surface area contributed by atoms with Crippen molar-refractivity contribution in [1.29, 1.82) is 0 Å². The number of H-pyrrole nitrogens is 1. The van der Waals surface area contributed by atoms with E-state index in [1.807, 2.05) is 0 Å². The van der Waals surface area contributed by atoms with Crippen molar-refractivity contribution in [2.24, 2.45) is 0 Å². The normalized spacial score (nSPS) is 11.8. The smallest absolute Gasteiger partial charge is 0.242 e. The number of nitrogens with zero attached hydrogens (tertiary/aromatic N) is 3. The summed E-state index contributed by atoms with van der Waals surface area (Å²) in [5, 5.41) is 6.68. The Balaban J connectivity index is 2.05. The lowest BCUT2D eigenvalue weighted by Gasteiger charge is -2.11. The van der Waals surface area contributed by atoms with Gasteiger partial charge in [-0.3, -0.25) is 4.79 Å². The Hall–Kier alpha value is -1.91. The Labute approximate surface area is 132 Å². The van der Waals surface area contributed by atoms with Crippen LogP contribution in [0.25, 0.3) is 0 Å². The molecule has 118 valence electrons. The number of ketones is 1. The maximum absolute atomic E-state index is 12.0. The number of rotatable bonds is 6. The predicted octanol–water partition coefficient (Wildman–Crippen LogP) is 0.612. The number of nitrogens with one attached hydrogen (secondary N) is 1. The molecule has 0 atom stereocenters. The van der Waals surface area contributed by atoms with Crippen LogP contribution in [0.2, 0.25) is 0 Å². The molecule has 2 aromatic rings. The lowest BCUT2D eigenvalue weighted by Crippen LogP contribution is -2.22. The van der Waals surface area contributed by atoms with Crippen LogP contribution in [0.4, 0.5) is 5.95 Å². The van der Waals surface area contributed by atoms with Crippen molar-refractivity contribution in [2.45, 2.75) is 10.1 Å². The first-order valence-corrected chi connectivity index (χ1v) is 8.60. The lowest BCUT2D eigenvalue weighted by molar-refractivity contribution is 0.102. The minimum absolute atomic E-state index is 0.136. The number of aromatic amines is 1. The van der Waals surface area contributed by atoms with E-state index in [0.29, 0.717) is 10.7 Å². The summed E-state index contributed by atoms with van der Waals surface area (Å²) in [4.78, 5) is 16.1. The molecule has 0 amide bonds. The third-order valence-electron chi connectivity index (χ3n) is 2.77. The number of sulfonamides is 1. The van der Waals surface area contributed by atoms with Crippen LogP contribution in [0.5, 0.6) is 0 Å². The zero-order valence-corrected chi connectivity index (χ0v) is 13.6. The number of benzene rings is 1. The zero-order valence-electron chi connectivity index (χ0n) is 12.0. The van der Waals surface area contributed by atoms with E-state index in [9.17, 15) is 13.2 Å². The van der Waals surface area contributed by atoms with Gasteiger partial charge >= 0.3 is 0 Å². The second-order valence-electron chi connectivity index (χ2n) is 4.53. The number of hydrogen-bond acceptors (Lipinski definition) is 7. The van der Waals surface area contributed by atoms with Crippen molar-refractivity contribution in [3.05, 3.63) is 29.8 Å². The van der Waals surface area contributed by atoms with Crippen LogP contribution in [0, 0.1) is 0 Å². The van der Waals surface area contributed by atoms with Gasteiger partial charge in [-0.15, -0.1) is 5.10 Å². The largest absolute Gasteiger partial charge is 0.368 e. The third kappa shape index (κ3) is 3.64. The van der Waals surface area contributed by atoms with E-state index in [4.69, 9.17) is 5.73 Å². The molecular formula is C12H15N5O3S2. The molecule has 0 spiro atoms. The average molecular weight is 341 g/mol. The highest BCUT2D eigenvalue weighted by molar-refractivity contribution is 7.99. The predicted molar refractivity (Wildman–Crippen MR) is 83.2 cm³/mol. The molecule has 0 aliphatic carbocycles. The van der Waals surface area contributed by atoms with E-state index in [1.54, 1.807) is 0 Å². The van der Waals surface area contributed by atoms with Gasteiger partial charge in [-0.2, -0.15) is 4.98 Å². The van der Waals surface area contributed by atoms with E-state index in [-0.39, 0.29) is 22.4 Å². The molecule has 0 saturated carbocycles. The summed E-state index contributed by atoms with van der Waals surface area (Å²) in [5.74, 6) is 0.173. The Morgan fingerprint density at radius 1 is 1.32 bits per heavy atom. The summed E-state index contributed by atoms with van der Waals surface area (Å²) in [6.45, 7) is 0. The summed E-state index contributed by atoms with van der Waals surface area (Å²) >= 11 is 1.15. The molecule has 2 rings (SSSR count). The summed E-state index contributed by atoms with van der Waals surface area (Å²) in [7, 11) is -0.589. The Morgan fingerprint density at radius 3 is 2.45 bits per heavy atom.